The van der Waals surface area contributed by atoms with Gasteiger partial charge in [0.1, 0.15) is 10.6 Å². The van der Waals surface area contributed by atoms with Gasteiger partial charge in [-0.05, 0) is 50.2 Å². The minimum atomic E-state index is -1.42. The first kappa shape index (κ1) is 52.1. The Morgan fingerprint density at radius 1 is 0.367 bits per heavy atom. The Morgan fingerprint density at radius 3 is 0.767 bits per heavy atom. The number of thiocarbonyl (C=S) groups is 3. The van der Waals surface area contributed by atoms with E-state index in [2.05, 4.69) is 158 Å². The average molecular weight is 966 g/mol. The van der Waals surface area contributed by atoms with Crippen molar-refractivity contribution in [3.8, 4) is 0 Å². The number of hydrogen-bond donors (Lipinski definition) is 0. The van der Waals surface area contributed by atoms with Crippen molar-refractivity contribution in [1.82, 2.24) is 0 Å². The van der Waals surface area contributed by atoms with Crippen LogP contribution in [-0.2, 0) is 35.9 Å². The van der Waals surface area contributed by atoms with E-state index in [-0.39, 0.29) is 22.3 Å². The summed E-state index contributed by atoms with van der Waals surface area (Å²) in [5, 5.41) is 0. The highest BCUT2D eigenvalue weighted by atomic mass is 32.2. The zero-order chi connectivity index (χ0) is 42.9. The molecule has 318 valence electrons. The monoisotopic (exact) mass is 965 g/mol. The van der Waals surface area contributed by atoms with Gasteiger partial charge in [0.05, 0.1) is 8.30 Å². The predicted molar refractivity (Wildman–Crippen MR) is 304 cm³/mol. The van der Waals surface area contributed by atoms with Gasteiger partial charge in [0.2, 0.25) is 0 Å². The molecule has 0 saturated heterocycles. The molecule has 0 saturated carbocycles. The number of rotatable bonds is 14. The molecule has 60 heavy (non-hydrogen) atoms. The lowest BCUT2D eigenvalue weighted by molar-refractivity contribution is 1.16. The average Bonchev–Trinajstić information content (AvgIpc) is 3.28. The van der Waals surface area contributed by atoms with E-state index in [1.165, 1.54) is 33.4 Å². The van der Waals surface area contributed by atoms with E-state index in [1.807, 2.05) is 24.3 Å². The van der Waals surface area contributed by atoms with Crippen molar-refractivity contribution in [3.05, 3.63) is 215 Å². The van der Waals surface area contributed by atoms with Crippen LogP contribution in [0.25, 0.3) is 0 Å². The van der Waals surface area contributed by atoms with Crippen LogP contribution < -0.4 is 0 Å². The van der Waals surface area contributed by atoms with Crippen LogP contribution in [0.15, 0.2) is 182 Å². The second kappa shape index (κ2) is 37.3. The summed E-state index contributed by atoms with van der Waals surface area (Å²) in [5.41, 5.74) is 8.07. The van der Waals surface area contributed by atoms with Crippen LogP contribution in [0.4, 0.5) is 0 Å². The van der Waals surface area contributed by atoms with Gasteiger partial charge >= 0.3 is 0 Å². The molecule has 0 N–H and O–H groups in total. The number of benzene rings is 6. The first-order chi connectivity index (χ1) is 29.3. The Kier molecular flexibility index (Phi) is 32.4. The van der Waals surface area contributed by atoms with E-state index < -0.39 is 8.30 Å². The first-order valence-corrected chi connectivity index (χ1v) is 25.3. The van der Waals surface area contributed by atoms with Crippen molar-refractivity contribution in [2.75, 3.05) is 11.5 Å². The third-order valence-corrected chi connectivity index (χ3v) is 16.1. The SMILES string of the molecule is C.C.C.S=C(SCCc1ccccc1)SCCc1ccccc1.S=C(SCc1ccccc1)SCc1ccccc1.S=C(SCc1ccccc1)SCc1ccccc1.[2H]B([3H])[3H]. The molecule has 6 rings (SSSR count). The maximum absolute atomic E-state index is 5.92. The lowest BCUT2D eigenvalue weighted by atomic mass is 10.2. The second-order valence-corrected chi connectivity index (χ2v) is 21.7. The van der Waals surface area contributed by atoms with Gasteiger partial charge in [0.15, 0.2) is 0 Å². The number of thioether (sulfide) groups is 6. The molecule has 0 spiro atoms. The smallest absolute Gasteiger partial charge is 0.104 e. The molecule has 0 fully saturated rings. The zero-order valence-electron chi connectivity index (χ0n) is 34.7. The van der Waals surface area contributed by atoms with Crippen molar-refractivity contribution < 1.29 is 0 Å². The lowest BCUT2D eigenvalue weighted by Crippen LogP contribution is -1.94. The van der Waals surface area contributed by atoms with Crippen LogP contribution in [0, 0.1) is 0 Å². The summed E-state index contributed by atoms with van der Waals surface area (Å²) in [6.07, 6.45) is 2.18. The van der Waals surface area contributed by atoms with Crippen molar-refractivity contribution in [1.29, 1.82) is 4.01 Å². The van der Waals surface area contributed by atoms with E-state index in [1.54, 1.807) is 70.6 Å². The number of aryl methyl sites for hydroxylation is 2. The summed E-state index contributed by atoms with van der Waals surface area (Å²) in [5.74, 6) is 5.98. The second-order valence-electron chi connectivity index (χ2n) is 12.0. The molecule has 0 amide bonds. The van der Waals surface area contributed by atoms with Crippen molar-refractivity contribution >= 4 is 126 Å². The Balaban J connectivity index is 0.000000858. The summed E-state index contributed by atoms with van der Waals surface area (Å²) >= 11 is 26.7. The summed E-state index contributed by atoms with van der Waals surface area (Å²) in [7, 11) is -1.42. The zero-order valence-corrected chi connectivity index (χ0v) is 39.1. The molecule has 0 unspecified atom stereocenters. The largest absolute Gasteiger partial charge is 0.107 e. The van der Waals surface area contributed by atoms with Gasteiger partial charge in [-0.15, -0.1) is 70.6 Å². The lowest BCUT2D eigenvalue weighted by Gasteiger charge is -2.04. The third kappa shape index (κ3) is 27.6. The molecule has 6 aromatic rings. The molecule has 0 atom stereocenters. The van der Waals surface area contributed by atoms with Crippen LogP contribution in [-0.4, -0.2) is 34.4 Å². The van der Waals surface area contributed by atoms with Gasteiger partial charge in [0.25, 0.3) is 0 Å². The van der Waals surface area contributed by atoms with E-state index in [9.17, 15) is 0 Å². The first-order valence-electron chi connectivity index (χ1n) is 19.9. The van der Waals surface area contributed by atoms with Crippen molar-refractivity contribution in [3.63, 3.8) is 0 Å². The summed E-state index contributed by atoms with van der Waals surface area (Å²) < 4.78 is 20.8. The van der Waals surface area contributed by atoms with Gasteiger partial charge in [-0.1, -0.05) is 241 Å². The minimum absolute atomic E-state index is 0. The van der Waals surface area contributed by atoms with E-state index in [4.69, 9.17) is 40.7 Å². The maximum atomic E-state index is 5.92. The molecule has 0 aliphatic heterocycles. The summed E-state index contributed by atoms with van der Waals surface area (Å²) in [6.45, 7) is 0. The normalized spacial score (nSPS) is 10.1. The molecule has 0 bridgehead atoms. The Morgan fingerprint density at radius 2 is 0.550 bits per heavy atom. The predicted octanol–water partition coefficient (Wildman–Crippen LogP) is 16.2. The van der Waals surface area contributed by atoms with Gasteiger partial charge in [-0.3, -0.25) is 0 Å². The standard InChI is InChI=1S/C17H18S3.2C15H14S3.3CH4.BH3/c18-17(19-13-11-15-7-3-1-4-8-15)20-14-12-16-9-5-2-6-10-16;2*16-15(17-11-13-7-3-1-4-8-13)18-12-14-9-5-2-6-10-14;;;;/h1-10H,11-14H2;2*1-10H,11-12H2;3*1H4;1H3/i;;;;;;1T2D. The molecule has 0 nitrogen and oxygen atoms in total. The summed E-state index contributed by atoms with van der Waals surface area (Å²) in [4.78, 5) is 0. The highest BCUT2D eigenvalue weighted by Crippen LogP contribution is 2.26. The highest BCUT2D eigenvalue weighted by molar-refractivity contribution is 8.47. The topological polar surface area (TPSA) is 0 Å². The molecule has 0 aliphatic carbocycles. The van der Waals surface area contributed by atoms with Crippen LogP contribution >= 0.6 is 107 Å². The van der Waals surface area contributed by atoms with Crippen LogP contribution in [0.1, 0.15) is 55.7 Å². The minimum Gasteiger partial charge on any atom is -0.107 e. The summed E-state index contributed by atoms with van der Waals surface area (Å²) in [6, 6.07) is 62.9. The highest BCUT2D eigenvalue weighted by Gasteiger charge is 2.03. The molecule has 0 aromatic heterocycles. The Hall–Kier alpha value is -2.25. The van der Waals surface area contributed by atoms with Gasteiger partial charge in [-0.25, -0.2) is 0 Å². The number of hydrogen-bond acceptors (Lipinski definition) is 9. The third-order valence-electron chi connectivity index (χ3n) is 7.70. The van der Waals surface area contributed by atoms with Gasteiger partial charge in [-0.2, -0.15) is 0 Å². The van der Waals surface area contributed by atoms with Gasteiger partial charge < -0.3 is 0 Å². The van der Waals surface area contributed by atoms with E-state index in [0.29, 0.717) is 0 Å². The fourth-order valence-corrected chi connectivity index (χ4v) is 11.1. The van der Waals surface area contributed by atoms with Crippen LogP contribution in [0.5, 0.6) is 0 Å². The Labute approximate surface area is 411 Å². The molecule has 6 aromatic carbocycles. The molecule has 0 heterocycles. The van der Waals surface area contributed by atoms with Crippen molar-refractivity contribution in [2.45, 2.75) is 58.1 Å². The van der Waals surface area contributed by atoms with Crippen LogP contribution in [0.2, 0.25) is 0 Å². The fraction of sp³-hybridized carbons (Fsp3) is 0.220. The Bertz CT molecular complexity index is 1760. The van der Waals surface area contributed by atoms with E-state index in [0.717, 1.165) is 57.9 Å². The molecule has 0 aliphatic rings. The molecule has 10 heteroatoms. The molecule has 0 radical (unpaired) electrons. The van der Waals surface area contributed by atoms with E-state index >= 15 is 0 Å². The molecular weight excluding hydrogens is 900 g/mol. The van der Waals surface area contributed by atoms with Crippen molar-refractivity contribution in [2.24, 2.45) is 0 Å². The maximum Gasteiger partial charge on any atom is 0.104 e. The van der Waals surface area contributed by atoms with Crippen LogP contribution in [0.3, 0.4) is 0 Å². The fourth-order valence-electron chi connectivity index (χ4n) is 4.78. The molecular formula is C50H61BS9. The van der Waals surface area contributed by atoms with Gasteiger partial charge in [0, 0.05) is 34.5 Å². The quantitative estimate of drug-likeness (QED) is 0.0767.